The molecule has 0 bridgehead atoms. The number of imidazole rings is 1. The number of aromatic nitrogens is 5. The molecule has 3 atom stereocenters. The van der Waals surface area contributed by atoms with Crippen molar-refractivity contribution in [2.45, 2.75) is 36.9 Å². The number of carbonyl (C=O) groups is 2. The summed E-state index contributed by atoms with van der Waals surface area (Å²) in [5, 5.41) is 19.4. The van der Waals surface area contributed by atoms with Crippen LogP contribution < -0.4 is 5.73 Å². The number of pyridine rings is 1. The number of ether oxygens (including phenoxy) is 2. The highest BCUT2D eigenvalue weighted by atomic mass is 35.5. The summed E-state index contributed by atoms with van der Waals surface area (Å²) < 4.78 is 27.2. The van der Waals surface area contributed by atoms with Crippen molar-refractivity contribution in [2.75, 3.05) is 12.3 Å². The third-order valence-electron chi connectivity index (χ3n) is 5.27. The first-order valence-corrected chi connectivity index (χ1v) is 10.5. The van der Waals surface area contributed by atoms with Crippen LogP contribution in [0, 0.1) is 0 Å². The van der Waals surface area contributed by atoms with Crippen molar-refractivity contribution in [1.82, 2.24) is 24.5 Å². The van der Waals surface area contributed by atoms with Crippen LogP contribution in [0.2, 0.25) is 10.4 Å². The fourth-order valence-electron chi connectivity index (χ4n) is 3.60. The van der Waals surface area contributed by atoms with E-state index in [1.807, 2.05) is 0 Å². The Morgan fingerprint density at radius 3 is 2.65 bits per heavy atom. The molecule has 1 aliphatic heterocycles. The number of hydrogen-bond donors (Lipinski definition) is 3. The molecule has 34 heavy (non-hydrogen) atoms. The predicted molar refractivity (Wildman–Crippen MR) is 115 cm³/mol. The van der Waals surface area contributed by atoms with Crippen LogP contribution in [0.4, 0.5) is 10.2 Å². The summed E-state index contributed by atoms with van der Waals surface area (Å²) in [5.41, 5.74) is 3.73. The first kappa shape index (κ1) is 24.0. The number of nitrogens with two attached hydrogens (primary N) is 1. The molecule has 0 amide bonds. The quantitative estimate of drug-likeness (QED) is 0.227. The SMILES string of the molecule is Nc1nc(Cl)nc2c1ncn2[C@@H]1O[C@H](COC(Cc2ccc(Cl)nc2)(C(=O)O)C(=O)O)C[C@@H]1F. The number of carboxylic acids is 2. The molecule has 3 aromatic rings. The van der Waals surface area contributed by atoms with E-state index in [1.54, 1.807) is 0 Å². The number of carboxylic acid groups (broad SMARTS) is 2. The molecule has 12 nitrogen and oxygen atoms in total. The highest BCUT2D eigenvalue weighted by molar-refractivity contribution is 6.29. The van der Waals surface area contributed by atoms with Crippen molar-refractivity contribution < 1.29 is 33.7 Å². The number of aliphatic carboxylic acids is 2. The second-order valence-corrected chi connectivity index (χ2v) is 8.24. The number of nitrogen functional groups attached to an aromatic ring is 1. The van der Waals surface area contributed by atoms with E-state index in [4.69, 9.17) is 38.4 Å². The number of rotatable bonds is 8. The number of fused-ring (bicyclic) bond motifs is 1. The molecule has 180 valence electrons. The van der Waals surface area contributed by atoms with E-state index in [2.05, 4.69) is 19.9 Å². The summed E-state index contributed by atoms with van der Waals surface area (Å²) in [6.07, 6.45) is -1.96. The smallest absolute Gasteiger partial charge is 0.348 e. The molecular weight excluding hydrogens is 498 g/mol. The Hall–Kier alpha value is -3.13. The van der Waals surface area contributed by atoms with Gasteiger partial charge in [0.1, 0.15) is 16.8 Å². The first-order chi connectivity index (χ1) is 16.1. The lowest BCUT2D eigenvalue weighted by atomic mass is 9.95. The van der Waals surface area contributed by atoms with Gasteiger partial charge in [-0.1, -0.05) is 17.7 Å². The first-order valence-electron chi connectivity index (χ1n) is 9.77. The maximum Gasteiger partial charge on any atom is 0.348 e. The summed E-state index contributed by atoms with van der Waals surface area (Å²) in [4.78, 5) is 39.6. The number of nitrogens with zero attached hydrogens (tertiary/aromatic N) is 5. The van der Waals surface area contributed by atoms with Gasteiger partial charge in [-0.15, -0.1) is 0 Å². The minimum atomic E-state index is -2.65. The van der Waals surface area contributed by atoms with Crippen molar-refractivity contribution in [3.63, 3.8) is 0 Å². The standard InChI is InChI=1S/C19H17Cl2FN6O6/c20-11-2-1-8(5-24-11)4-19(16(29)30,17(31)32)33-6-9-3-10(22)15(34-9)28-7-25-12-13(23)26-18(21)27-14(12)28/h1-2,5,7,9-10,15H,3-4,6H2,(H,29,30)(H,31,32)(H2,23,26,27)/t9-,10-,15+/m0/s1. The fraction of sp³-hybridized carbons (Fsp3) is 0.368. The lowest BCUT2D eigenvalue weighted by Gasteiger charge is -2.26. The van der Waals surface area contributed by atoms with Gasteiger partial charge in [0.2, 0.25) is 5.28 Å². The Kier molecular flexibility index (Phi) is 6.53. The van der Waals surface area contributed by atoms with Gasteiger partial charge in [-0.3, -0.25) is 4.57 Å². The zero-order chi connectivity index (χ0) is 24.6. The van der Waals surface area contributed by atoms with E-state index >= 15 is 0 Å². The average molecular weight is 515 g/mol. The van der Waals surface area contributed by atoms with Crippen LogP contribution in [-0.4, -0.2) is 71.1 Å². The Balaban J connectivity index is 1.52. The largest absolute Gasteiger partial charge is 0.479 e. The molecule has 0 aromatic carbocycles. The highest BCUT2D eigenvalue weighted by Crippen LogP contribution is 2.35. The molecule has 0 unspecified atom stereocenters. The van der Waals surface area contributed by atoms with Gasteiger partial charge in [-0.25, -0.2) is 23.9 Å². The van der Waals surface area contributed by atoms with Crippen LogP contribution in [-0.2, 0) is 25.5 Å². The monoisotopic (exact) mass is 514 g/mol. The van der Waals surface area contributed by atoms with Crippen molar-refractivity contribution >= 4 is 52.1 Å². The Labute approximate surface area is 200 Å². The molecule has 0 spiro atoms. The predicted octanol–water partition coefficient (Wildman–Crippen LogP) is 1.90. The number of anilines is 1. The second kappa shape index (κ2) is 9.25. The Bertz CT molecular complexity index is 1230. The maximum atomic E-state index is 14.9. The van der Waals surface area contributed by atoms with Crippen LogP contribution in [0.3, 0.4) is 0 Å². The van der Waals surface area contributed by atoms with E-state index < -0.39 is 49.1 Å². The van der Waals surface area contributed by atoms with Gasteiger partial charge < -0.3 is 25.4 Å². The average Bonchev–Trinajstić information content (AvgIpc) is 3.35. The normalized spacial score (nSPS) is 20.6. The molecule has 3 aromatic heterocycles. The molecule has 1 aliphatic rings. The lowest BCUT2D eigenvalue weighted by Crippen LogP contribution is -2.52. The van der Waals surface area contributed by atoms with Crippen molar-refractivity contribution in [1.29, 1.82) is 0 Å². The van der Waals surface area contributed by atoms with Gasteiger partial charge in [0, 0.05) is 19.0 Å². The summed E-state index contributed by atoms with van der Waals surface area (Å²) in [6, 6.07) is 2.82. The van der Waals surface area contributed by atoms with Gasteiger partial charge in [-0.2, -0.15) is 9.97 Å². The van der Waals surface area contributed by atoms with Gasteiger partial charge in [0.25, 0.3) is 5.60 Å². The van der Waals surface area contributed by atoms with Gasteiger partial charge in [0.05, 0.1) is 19.0 Å². The topological polar surface area (TPSA) is 176 Å². The van der Waals surface area contributed by atoms with E-state index in [0.717, 1.165) is 0 Å². The van der Waals surface area contributed by atoms with Crippen LogP contribution in [0.5, 0.6) is 0 Å². The second-order valence-electron chi connectivity index (χ2n) is 7.52. The maximum absolute atomic E-state index is 14.9. The summed E-state index contributed by atoms with van der Waals surface area (Å²) in [5.74, 6) is -3.46. The molecule has 0 saturated carbocycles. The van der Waals surface area contributed by atoms with E-state index in [-0.39, 0.29) is 39.4 Å². The van der Waals surface area contributed by atoms with E-state index in [9.17, 15) is 24.2 Å². The lowest BCUT2D eigenvalue weighted by molar-refractivity contribution is -0.188. The van der Waals surface area contributed by atoms with Crippen LogP contribution in [0.25, 0.3) is 11.2 Å². The third-order valence-corrected chi connectivity index (χ3v) is 5.67. The van der Waals surface area contributed by atoms with Crippen LogP contribution >= 0.6 is 23.2 Å². The third kappa shape index (κ3) is 4.46. The van der Waals surface area contributed by atoms with Crippen molar-refractivity contribution in [3.8, 4) is 0 Å². The van der Waals surface area contributed by atoms with Gasteiger partial charge in [0.15, 0.2) is 17.7 Å². The minimum absolute atomic E-state index is 0.00595. The van der Waals surface area contributed by atoms with Gasteiger partial charge >= 0.3 is 11.9 Å². The molecule has 0 radical (unpaired) electrons. The van der Waals surface area contributed by atoms with Crippen LogP contribution in [0.15, 0.2) is 24.7 Å². The molecule has 4 N–H and O–H groups in total. The number of halogens is 3. The number of hydrogen-bond acceptors (Lipinski definition) is 9. The molecule has 4 heterocycles. The van der Waals surface area contributed by atoms with Gasteiger partial charge in [-0.05, 0) is 23.2 Å². The summed E-state index contributed by atoms with van der Waals surface area (Å²) in [6.45, 7) is -0.513. The Morgan fingerprint density at radius 1 is 1.26 bits per heavy atom. The molecule has 4 rings (SSSR count). The molecular formula is C19H17Cl2FN6O6. The summed E-state index contributed by atoms with van der Waals surface area (Å²) >= 11 is 11.6. The molecule has 1 saturated heterocycles. The fourth-order valence-corrected chi connectivity index (χ4v) is 3.88. The van der Waals surface area contributed by atoms with E-state index in [1.165, 1.54) is 29.2 Å². The van der Waals surface area contributed by atoms with Crippen molar-refractivity contribution in [2.24, 2.45) is 0 Å². The number of alkyl halides is 1. The minimum Gasteiger partial charge on any atom is -0.479 e. The van der Waals surface area contributed by atoms with Crippen molar-refractivity contribution in [3.05, 3.63) is 40.7 Å². The van der Waals surface area contributed by atoms with E-state index in [0.29, 0.717) is 0 Å². The summed E-state index contributed by atoms with van der Waals surface area (Å²) in [7, 11) is 0. The zero-order valence-corrected chi connectivity index (χ0v) is 18.6. The van der Waals surface area contributed by atoms with Crippen LogP contribution in [0.1, 0.15) is 18.2 Å². The highest BCUT2D eigenvalue weighted by Gasteiger charge is 2.50. The molecule has 15 heteroatoms. The molecule has 0 aliphatic carbocycles. The molecule has 1 fully saturated rings. The Morgan fingerprint density at radius 2 is 2.00 bits per heavy atom. The zero-order valence-electron chi connectivity index (χ0n) is 17.1.